The van der Waals surface area contributed by atoms with Gasteiger partial charge in [0.2, 0.25) is 0 Å². The first-order chi connectivity index (χ1) is 7.73. The van der Waals surface area contributed by atoms with Gasteiger partial charge in [-0.1, -0.05) is 46.0 Å². The Morgan fingerprint density at radius 2 is 1.88 bits per heavy atom. The zero-order chi connectivity index (χ0) is 11.9. The minimum Gasteiger partial charge on any atom is -0.267 e. The SMILES string of the molecule is CCCCCCC(C)(CCC)n1cccn1. The number of hydrogen-bond donors (Lipinski definition) is 0. The topological polar surface area (TPSA) is 17.8 Å². The molecule has 0 saturated heterocycles. The summed E-state index contributed by atoms with van der Waals surface area (Å²) in [5.74, 6) is 0. The van der Waals surface area contributed by atoms with Crippen LogP contribution in [0.15, 0.2) is 18.5 Å². The predicted molar refractivity (Wildman–Crippen MR) is 69.5 cm³/mol. The third kappa shape index (κ3) is 3.66. The highest BCUT2D eigenvalue weighted by Crippen LogP contribution is 2.28. The van der Waals surface area contributed by atoms with Crippen LogP contribution in [0.3, 0.4) is 0 Å². The second kappa shape index (κ2) is 6.72. The van der Waals surface area contributed by atoms with E-state index in [1.54, 1.807) is 0 Å². The van der Waals surface area contributed by atoms with Crippen molar-refractivity contribution in [2.45, 2.75) is 71.3 Å². The summed E-state index contributed by atoms with van der Waals surface area (Å²) in [6.45, 7) is 6.86. The summed E-state index contributed by atoms with van der Waals surface area (Å²) in [4.78, 5) is 0. The summed E-state index contributed by atoms with van der Waals surface area (Å²) in [5.41, 5.74) is 0.228. The number of nitrogens with zero attached hydrogens (tertiary/aromatic N) is 2. The molecule has 1 aromatic rings. The van der Waals surface area contributed by atoms with Crippen LogP contribution in [-0.4, -0.2) is 9.78 Å². The second-order valence-electron chi connectivity index (χ2n) is 5.01. The molecule has 1 aromatic heterocycles. The molecular formula is C14H26N2. The quantitative estimate of drug-likeness (QED) is 0.597. The van der Waals surface area contributed by atoms with Gasteiger partial charge in [-0.25, -0.2) is 0 Å². The van der Waals surface area contributed by atoms with Crippen LogP contribution in [0.1, 0.15) is 65.7 Å². The fourth-order valence-electron chi connectivity index (χ4n) is 2.41. The Kier molecular flexibility index (Phi) is 5.58. The lowest BCUT2D eigenvalue weighted by Crippen LogP contribution is -2.30. The fourth-order valence-corrected chi connectivity index (χ4v) is 2.41. The summed E-state index contributed by atoms with van der Waals surface area (Å²) in [7, 11) is 0. The van der Waals surface area contributed by atoms with Gasteiger partial charge >= 0.3 is 0 Å². The van der Waals surface area contributed by atoms with Gasteiger partial charge in [-0.2, -0.15) is 5.10 Å². The lowest BCUT2D eigenvalue weighted by molar-refractivity contribution is 0.233. The van der Waals surface area contributed by atoms with Gasteiger partial charge in [-0.05, 0) is 25.8 Å². The van der Waals surface area contributed by atoms with E-state index in [-0.39, 0.29) is 5.54 Å². The molecule has 1 rings (SSSR count). The van der Waals surface area contributed by atoms with Crippen molar-refractivity contribution in [3.8, 4) is 0 Å². The van der Waals surface area contributed by atoms with Crippen molar-refractivity contribution in [2.75, 3.05) is 0 Å². The first-order valence-electron chi connectivity index (χ1n) is 6.73. The highest BCUT2D eigenvalue weighted by atomic mass is 15.3. The molecule has 0 radical (unpaired) electrons. The molecule has 1 atom stereocenters. The summed E-state index contributed by atoms with van der Waals surface area (Å²) >= 11 is 0. The molecule has 0 aliphatic rings. The number of aromatic nitrogens is 2. The molecule has 0 bridgehead atoms. The van der Waals surface area contributed by atoms with Crippen molar-refractivity contribution in [3.05, 3.63) is 18.5 Å². The number of hydrogen-bond acceptors (Lipinski definition) is 1. The Bertz CT molecular complexity index is 266. The average molecular weight is 222 g/mol. The van der Waals surface area contributed by atoms with E-state index in [2.05, 4.69) is 36.7 Å². The van der Waals surface area contributed by atoms with E-state index in [0.29, 0.717) is 0 Å². The van der Waals surface area contributed by atoms with Gasteiger partial charge in [0.15, 0.2) is 0 Å². The molecule has 92 valence electrons. The summed E-state index contributed by atoms with van der Waals surface area (Å²) in [6, 6.07) is 2.03. The van der Waals surface area contributed by atoms with E-state index < -0.39 is 0 Å². The Morgan fingerprint density at radius 3 is 2.44 bits per heavy atom. The summed E-state index contributed by atoms with van der Waals surface area (Å²) in [6.07, 6.45) is 13.1. The van der Waals surface area contributed by atoms with Crippen LogP contribution in [0.5, 0.6) is 0 Å². The van der Waals surface area contributed by atoms with Crippen LogP contribution in [-0.2, 0) is 5.54 Å². The van der Waals surface area contributed by atoms with E-state index in [4.69, 9.17) is 0 Å². The lowest BCUT2D eigenvalue weighted by atomic mass is 9.89. The average Bonchev–Trinajstić information content (AvgIpc) is 2.79. The monoisotopic (exact) mass is 222 g/mol. The normalized spacial score (nSPS) is 14.9. The molecule has 1 unspecified atom stereocenters. The maximum Gasteiger partial charge on any atom is 0.0599 e. The zero-order valence-corrected chi connectivity index (χ0v) is 11.1. The Balaban J connectivity index is 2.52. The van der Waals surface area contributed by atoms with Crippen molar-refractivity contribution >= 4 is 0 Å². The third-order valence-electron chi connectivity index (χ3n) is 3.41. The number of rotatable bonds is 8. The van der Waals surface area contributed by atoms with E-state index in [0.717, 1.165) is 0 Å². The molecule has 2 nitrogen and oxygen atoms in total. The summed E-state index contributed by atoms with van der Waals surface area (Å²) < 4.78 is 2.16. The first-order valence-corrected chi connectivity index (χ1v) is 6.73. The van der Waals surface area contributed by atoms with Gasteiger partial charge in [0, 0.05) is 12.4 Å². The highest BCUT2D eigenvalue weighted by Gasteiger charge is 2.24. The largest absolute Gasteiger partial charge is 0.267 e. The van der Waals surface area contributed by atoms with Crippen LogP contribution >= 0.6 is 0 Å². The molecule has 0 aliphatic heterocycles. The molecule has 0 aliphatic carbocycles. The molecule has 0 saturated carbocycles. The van der Waals surface area contributed by atoms with E-state index >= 15 is 0 Å². The van der Waals surface area contributed by atoms with E-state index in [9.17, 15) is 0 Å². The van der Waals surface area contributed by atoms with Crippen molar-refractivity contribution in [1.29, 1.82) is 0 Å². The smallest absolute Gasteiger partial charge is 0.0599 e. The predicted octanol–water partition coefficient (Wildman–Crippen LogP) is 4.37. The lowest BCUT2D eigenvalue weighted by Gasteiger charge is -2.30. The molecule has 2 heteroatoms. The summed E-state index contributed by atoms with van der Waals surface area (Å²) in [5, 5.41) is 4.42. The molecule has 0 spiro atoms. The highest BCUT2D eigenvalue weighted by molar-refractivity contribution is 4.88. The minimum absolute atomic E-state index is 0.228. The van der Waals surface area contributed by atoms with Crippen molar-refractivity contribution in [1.82, 2.24) is 9.78 Å². The molecule has 0 aromatic carbocycles. The first kappa shape index (κ1) is 13.3. The van der Waals surface area contributed by atoms with Crippen LogP contribution in [0.25, 0.3) is 0 Å². The van der Waals surface area contributed by atoms with Crippen LogP contribution in [0.2, 0.25) is 0 Å². The number of unbranched alkanes of at least 4 members (excludes halogenated alkanes) is 3. The molecular weight excluding hydrogens is 196 g/mol. The van der Waals surface area contributed by atoms with Crippen LogP contribution < -0.4 is 0 Å². The van der Waals surface area contributed by atoms with Gasteiger partial charge in [-0.3, -0.25) is 4.68 Å². The van der Waals surface area contributed by atoms with Crippen molar-refractivity contribution < 1.29 is 0 Å². The van der Waals surface area contributed by atoms with Crippen molar-refractivity contribution in [3.63, 3.8) is 0 Å². The van der Waals surface area contributed by atoms with Crippen molar-refractivity contribution in [2.24, 2.45) is 0 Å². The molecule has 0 N–H and O–H groups in total. The van der Waals surface area contributed by atoms with Gasteiger partial charge in [-0.15, -0.1) is 0 Å². The Hall–Kier alpha value is -0.790. The maximum atomic E-state index is 4.42. The van der Waals surface area contributed by atoms with Gasteiger partial charge < -0.3 is 0 Å². The molecule has 1 heterocycles. The standard InChI is InChI=1S/C14H26N2/c1-4-6-7-8-11-14(3,10-5-2)16-13-9-12-15-16/h9,12-13H,4-8,10-11H2,1-3H3. The van der Waals surface area contributed by atoms with Gasteiger partial charge in [0.1, 0.15) is 0 Å². The molecule has 16 heavy (non-hydrogen) atoms. The maximum absolute atomic E-state index is 4.42. The second-order valence-corrected chi connectivity index (χ2v) is 5.01. The van der Waals surface area contributed by atoms with Crippen LogP contribution in [0.4, 0.5) is 0 Å². The molecule has 0 fully saturated rings. The zero-order valence-electron chi connectivity index (χ0n) is 11.1. The fraction of sp³-hybridized carbons (Fsp3) is 0.786. The van der Waals surface area contributed by atoms with Gasteiger partial charge in [0.05, 0.1) is 5.54 Å². The van der Waals surface area contributed by atoms with Crippen LogP contribution in [0, 0.1) is 0 Å². The van der Waals surface area contributed by atoms with E-state index in [1.165, 1.54) is 44.9 Å². The Labute approximate surface area is 100 Å². The molecule has 0 amide bonds. The Morgan fingerprint density at radius 1 is 1.06 bits per heavy atom. The minimum atomic E-state index is 0.228. The van der Waals surface area contributed by atoms with E-state index in [1.807, 2.05) is 12.3 Å². The van der Waals surface area contributed by atoms with Gasteiger partial charge in [0.25, 0.3) is 0 Å². The third-order valence-corrected chi connectivity index (χ3v) is 3.41.